The van der Waals surface area contributed by atoms with Crippen molar-refractivity contribution in [3.05, 3.63) is 35.5 Å². The number of carbonyl (C=O) groups is 1. The van der Waals surface area contributed by atoms with Crippen LogP contribution in [-0.2, 0) is 21.6 Å². The predicted molar refractivity (Wildman–Crippen MR) is 74.3 cm³/mol. The van der Waals surface area contributed by atoms with E-state index in [-0.39, 0.29) is 24.1 Å². The van der Waals surface area contributed by atoms with Gasteiger partial charge in [-0.3, -0.25) is 0 Å². The number of aliphatic hydroxyl groups is 1. The molecule has 0 saturated heterocycles. The first-order chi connectivity index (χ1) is 10.3. The maximum atomic E-state index is 13.5. The number of aromatic nitrogens is 1. The molecule has 7 heteroatoms. The van der Waals surface area contributed by atoms with Gasteiger partial charge in [0.15, 0.2) is 0 Å². The van der Waals surface area contributed by atoms with Crippen LogP contribution in [0.3, 0.4) is 0 Å². The van der Waals surface area contributed by atoms with Gasteiger partial charge < -0.3 is 14.8 Å². The number of benzene rings is 1. The molecule has 0 radical (unpaired) electrons. The minimum atomic E-state index is -5.20. The summed E-state index contributed by atoms with van der Waals surface area (Å²) >= 11 is 0. The second kappa shape index (κ2) is 5.64. The van der Waals surface area contributed by atoms with Crippen molar-refractivity contribution >= 4 is 16.9 Å². The Hall–Kier alpha value is -2.02. The van der Waals surface area contributed by atoms with Gasteiger partial charge in [0.2, 0.25) is 0 Å². The number of fused-ring (bicyclic) bond motifs is 1. The van der Waals surface area contributed by atoms with Gasteiger partial charge in [-0.05, 0) is 19.4 Å². The molecule has 0 aliphatic heterocycles. The zero-order valence-electron chi connectivity index (χ0n) is 12.1. The Morgan fingerprint density at radius 2 is 1.91 bits per heavy atom. The zero-order chi connectivity index (χ0) is 16.5. The van der Waals surface area contributed by atoms with Crippen LogP contribution in [-0.4, -0.2) is 28.8 Å². The molecule has 1 heterocycles. The molecule has 120 valence electrons. The van der Waals surface area contributed by atoms with E-state index in [0.29, 0.717) is 5.52 Å². The lowest BCUT2D eigenvalue weighted by molar-refractivity contribution is -0.267. The molecule has 0 saturated carbocycles. The van der Waals surface area contributed by atoms with Crippen molar-refractivity contribution in [2.45, 2.75) is 32.0 Å². The molecule has 0 aliphatic rings. The predicted octanol–water partition coefficient (Wildman–Crippen LogP) is 3.04. The first kappa shape index (κ1) is 16.4. The fourth-order valence-corrected chi connectivity index (χ4v) is 2.47. The minimum absolute atomic E-state index is 0.146. The molecule has 2 aromatic rings. The highest BCUT2D eigenvalue weighted by Crippen LogP contribution is 2.44. The second-order valence-corrected chi connectivity index (χ2v) is 4.81. The van der Waals surface area contributed by atoms with Gasteiger partial charge in [-0.25, -0.2) is 4.79 Å². The molecule has 1 aromatic heterocycles. The lowest BCUT2D eigenvalue weighted by atomic mass is 9.89. The number of alkyl halides is 3. The summed E-state index contributed by atoms with van der Waals surface area (Å²) < 4.78 is 45.0. The third kappa shape index (κ3) is 2.35. The van der Waals surface area contributed by atoms with E-state index >= 15 is 0 Å². The van der Waals surface area contributed by atoms with E-state index < -0.39 is 23.3 Å². The van der Waals surface area contributed by atoms with Crippen molar-refractivity contribution in [2.75, 3.05) is 6.61 Å². The molecule has 0 fully saturated rings. The fourth-order valence-electron chi connectivity index (χ4n) is 2.47. The maximum absolute atomic E-state index is 13.5. The average molecular weight is 315 g/mol. The average Bonchev–Trinajstić information content (AvgIpc) is 2.84. The van der Waals surface area contributed by atoms with E-state index in [0.717, 1.165) is 0 Å². The molecule has 22 heavy (non-hydrogen) atoms. The summed E-state index contributed by atoms with van der Waals surface area (Å²) in [6.45, 7) is 2.75. The SMILES string of the molecule is CCOC(=O)C(O)(c1c(CC)[nH]c2ccccc12)C(F)(F)F. The monoisotopic (exact) mass is 315 g/mol. The van der Waals surface area contributed by atoms with Crippen LogP contribution in [0.4, 0.5) is 13.2 Å². The van der Waals surface area contributed by atoms with Gasteiger partial charge in [0.05, 0.1) is 6.61 Å². The zero-order valence-corrected chi connectivity index (χ0v) is 12.1. The van der Waals surface area contributed by atoms with Gasteiger partial charge in [0.25, 0.3) is 5.60 Å². The number of hydrogen-bond acceptors (Lipinski definition) is 3. The highest BCUT2D eigenvalue weighted by atomic mass is 19.4. The van der Waals surface area contributed by atoms with Crippen molar-refractivity contribution in [1.82, 2.24) is 4.98 Å². The van der Waals surface area contributed by atoms with Gasteiger partial charge in [-0.2, -0.15) is 13.2 Å². The largest absolute Gasteiger partial charge is 0.463 e. The summed E-state index contributed by atoms with van der Waals surface area (Å²) in [7, 11) is 0. The van der Waals surface area contributed by atoms with E-state index in [2.05, 4.69) is 9.72 Å². The van der Waals surface area contributed by atoms with Crippen molar-refractivity contribution in [3.63, 3.8) is 0 Å². The topological polar surface area (TPSA) is 62.3 Å². The van der Waals surface area contributed by atoms with E-state index in [1.165, 1.54) is 13.0 Å². The number of para-hydroxylation sites is 1. The van der Waals surface area contributed by atoms with Crippen LogP contribution < -0.4 is 0 Å². The number of nitrogens with one attached hydrogen (secondary N) is 1. The van der Waals surface area contributed by atoms with Crippen LogP contribution in [0.25, 0.3) is 10.9 Å². The highest BCUT2D eigenvalue weighted by molar-refractivity contribution is 5.93. The van der Waals surface area contributed by atoms with E-state index in [4.69, 9.17) is 0 Å². The quantitative estimate of drug-likeness (QED) is 0.853. The van der Waals surface area contributed by atoms with Crippen LogP contribution in [0.5, 0.6) is 0 Å². The highest BCUT2D eigenvalue weighted by Gasteiger charge is 2.63. The molecule has 0 spiro atoms. The number of hydrogen-bond donors (Lipinski definition) is 2. The Morgan fingerprint density at radius 3 is 2.45 bits per heavy atom. The number of aromatic amines is 1. The van der Waals surface area contributed by atoms with Gasteiger partial charge in [0, 0.05) is 22.2 Å². The molecule has 4 nitrogen and oxygen atoms in total. The summed E-state index contributed by atoms with van der Waals surface area (Å²) in [6.07, 6.45) is -5.00. The molecule has 1 aromatic carbocycles. The molecule has 2 rings (SSSR count). The molecular weight excluding hydrogens is 299 g/mol. The summed E-state index contributed by atoms with van der Waals surface area (Å²) in [5.74, 6) is -1.72. The second-order valence-electron chi connectivity index (χ2n) is 4.81. The lowest BCUT2D eigenvalue weighted by Gasteiger charge is -2.29. The van der Waals surface area contributed by atoms with Crippen molar-refractivity contribution in [3.8, 4) is 0 Å². The third-order valence-electron chi connectivity index (χ3n) is 3.48. The standard InChI is InChI=1S/C15H16F3NO3/c1-3-10-12(9-7-5-6-8-11(9)19-10)14(21,15(16,17)18)13(20)22-4-2/h5-8,19,21H,3-4H2,1-2H3. The van der Waals surface area contributed by atoms with E-state index in [1.807, 2.05) is 0 Å². The summed E-state index contributed by atoms with van der Waals surface area (Å²) in [5.41, 5.74) is -3.62. The van der Waals surface area contributed by atoms with Gasteiger partial charge in [-0.15, -0.1) is 0 Å². The Kier molecular flexibility index (Phi) is 4.19. The summed E-state index contributed by atoms with van der Waals surface area (Å²) in [4.78, 5) is 14.7. The molecule has 0 bridgehead atoms. The Bertz CT molecular complexity index is 693. The molecule has 0 aliphatic carbocycles. The van der Waals surface area contributed by atoms with E-state index in [9.17, 15) is 23.1 Å². The number of halogens is 3. The number of aryl methyl sites for hydroxylation is 1. The number of H-pyrrole nitrogens is 1. The van der Waals surface area contributed by atoms with Crippen LogP contribution in [0.2, 0.25) is 0 Å². The molecule has 2 N–H and O–H groups in total. The molecule has 1 unspecified atom stereocenters. The van der Waals surface area contributed by atoms with Gasteiger partial charge in [0.1, 0.15) is 0 Å². The molecule has 1 atom stereocenters. The van der Waals surface area contributed by atoms with Crippen molar-refractivity contribution in [1.29, 1.82) is 0 Å². The van der Waals surface area contributed by atoms with Crippen LogP contribution in [0.15, 0.2) is 24.3 Å². The van der Waals surface area contributed by atoms with Crippen LogP contribution >= 0.6 is 0 Å². The minimum Gasteiger partial charge on any atom is -0.463 e. The first-order valence-electron chi connectivity index (χ1n) is 6.83. The lowest BCUT2D eigenvalue weighted by Crippen LogP contribution is -2.50. The van der Waals surface area contributed by atoms with Gasteiger partial charge in [-0.1, -0.05) is 25.1 Å². The van der Waals surface area contributed by atoms with Crippen molar-refractivity contribution < 1.29 is 27.8 Å². The first-order valence-corrected chi connectivity index (χ1v) is 6.83. The number of carbonyl (C=O) groups excluding carboxylic acids is 1. The summed E-state index contributed by atoms with van der Waals surface area (Å²) in [5, 5.41) is 10.4. The van der Waals surface area contributed by atoms with E-state index in [1.54, 1.807) is 25.1 Å². The number of ether oxygens (including phenoxy) is 1. The smallest absolute Gasteiger partial charge is 0.432 e. The van der Waals surface area contributed by atoms with Crippen molar-refractivity contribution in [2.24, 2.45) is 0 Å². The third-order valence-corrected chi connectivity index (χ3v) is 3.48. The Labute approximate surface area is 124 Å². The molecular formula is C15H16F3NO3. The van der Waals surface area contributed by atoms with Gasteiger partial charge >= 0.3 is 12.1 Å². The maximum Gasteiger partial charge on any atom is 0.432 e. The Morgan fingerprint density at radius 1 is 1.27 bits per heavy atom. The normalized spacial score (nSPS) is 14.8. The number of esters is 1. The van der Waals surface area contributed by atoms with Crippen LogP contribution in [0.1, 0.15) is 25.1 Å². The Balaban J connectivity index is 2.80. The molecule has 0 amide bonds. The van der Waals surface area contributed by atoms with Crippen LogP contribution in [0, 0.1) is 0 Å². The summed E-state index contributed by atoms with van der Waals surface area (Å²) in [6, 6.07) is 6.20. The fraction of sp³-hybridized carbons (Fsp3) is 0.400. The number of rotatable bonds is 4.